The summed E-state index contributed by atoms with van der Waals surface area (Å²) in [7, 11) is 0. The number of carbonyl (C=O) groups excluding carboxylic acids is 2. The van der Waals surface area contributed by atoms with Crippen LogP contribution in [0.5, 0.6) is 0 Å². The standard InChI is InChI=1S/C32H45NO5S/c1-4-17-37-22-26(19-24-11-6-5-7-12-24)38-21-25-14-15-28(29(20-25)27-13-9-8-10-23(27)2)31(34)33-30(32(35)36)16-18-39-3/h8-10,13-15,20,24,26,30H,4-7,11-12,16-19,21-22H2,1-3H3,(H,33,34)(H,35,36)/p-1/t26-,30-/m0/s1. The van der Waals surface area contributed by atoms with Crippen LogP contribution in [0.3, 0.4) is 0 Å². The van der Waals surface area contributed by atoms with E-state index in [-0.39, 0.29) is 6.10 Å². The fourth-order valence-electron chi connectivity index (χ4n) is 5.25. The van der Waals surface area contributed by atoms with Crippen LogP contribution >= 0.6 is 11.8 Å². The maximum atomic E-state index is 13.3. The van der Waals surface area contributed by atoms with Crippen molar-refractivity contribution in [2.75, 3.05) is 25.2 Å². The second kappa shape index (κ2) is 16.7. The first-order valence-corrected chi connectivity index (χ1v) is 15.7. The number of carboxylic acid groups (broad SMARTS) is 1. The zero-order valence-corrected chi connectivity index (χ0v) is 24.5. The molecule has 1 N–H and O–H groups in total. The number of amides is 1. The number of aliphatic carboxylic acids is 1. The van der Waals surface area contributed by atoms with E-state index in [1.807, 2.05) is 49.6 Å². The van der Waals surface area contributed by atoms with E-state index in [9.17, 15) is 14.7 Å². The number of rotatable bonds is 16. The minimum Gasteiger partial charge on any atom is -0.548 e. The molecule has 6 nitrogen and oxygen atoms in total. The highest BCUT2D eigenvalue weighted by molar-refractivity contribution is 7.98. The molecule has 0 heterocycles. The van der Waals surface area contributed by atoms with Crippen molar-refractivity contribution < 1.29 is 24.2 Å². The van der Waals surface area contributed by atoms with Crippen molar-refractivity contribution in [3.8, 4) is 11.1 Å². The summed E-state index contributed by atoms with van der Waals surface area (Å²) in [4.78, 5) is 25.0. The van der Waals surface area contributed by atoms with Gasteiger partial charge in [0.05, 0.1) is 31.3 Å². The van der Waals surface area contributed by atoms with Gasteiger partial charge in [-0.05, 0) is 78.5 Å². The van der Waals surface area contributed by atoms with Crippen LogP contribution in [0.2, 0.25) is 0 Å². The van der Waals surface area contributed by atoms with Gasteiger partial charge in [-0.3, -0.25) is 4.79 Å². The highest BCUT2D eigenvalue weighted by Crippen LogP contribution is 2.30. The summed E-state index contributed by atoms with van der Waals surface area (Å²) in [5.41, 5.74) is 4.14. The van der Waals surface area contributed by atoms with Gasteiger partial charge >= 0.3 is 0 Å². The molecule has 39 heavy (non-hydrogen) atoms. The van der Waals surface area contributed by atoms with Crippen LogP contribution in [0.15, 0.2) is 42.5 Å². The van der Waals surface area contributed by atoms with E-state index in [0.717, 1.165) is 41.7 Å². The number of benzene rings is 2. The van der Waals surface area contributed by atoms with E-state index < -0.39 is 17.9 Å². The molecular weight excluding hydrogens is 510 g/mol. The molecule has 1 amide bonds. The summed E-state index contributed by atoms with van der Waals surface area (Å²) in [6.45, 7) is 5.86. The lowest BCUT2D eigenvalue weighted by Gasteiger charge is -2.27. The van der Waals surface area contributed by atoms with Gasteiger partial charge in [-0.25, -0.2) is 0 Å². The smallest absolute Gasteiger partial charge is 0.252 e. The molecule has 0 radical (unpaired) electrons. The molecule has 2 aromatic carbocycles. The van der Waals surface area contributed by atoms with E-state index in [1.54, 1.807) is 6.07 Å². The third-order valence-electron chi connectivity index (χ3n) is 7.42. The molecule has 2 atom stereocenters. The van der Waals surface area contributed by atoms with Crippen LogP contribution in [-0.2, 0) is 20.9 Å². The van der Waals surface area contributed by atoms with Crippen molar-refractivity contribution in [3.63, 3.8) is 0 Å². The number of carboxylic acids is 1. The van der Waals surface area contributed by atoms with Crippen molar-refractivity contribution in [2.24, 2.45) is 5.92 Å². The number of carbonyl (C=O) groups is 2. The summed E-state index contributed by atoms with van der Waals surface area (Å²) >= 11 is 1.53. The first-order chi connectivity index (χ1) is 18.9. The number of hydrogen-bond donors (Lipinski definition) is 1. The summed E-state index contributed by atoms with van der Waals surface area (Å²) in [5, 5.41) is 14.3. The predicted octanol–water partition coefficient (Wildman–Crippen LogP) is 5.55. The first kappa shape index (κ1) is 31.2. The Hall–Kier alpha value is -2.35. The van der Waals surface area contributed by atoms with Crippen molar-refractivity contribution in [2.45, 2.75) is 84.0 Å². The van der Waals surface area contributed by atoms with E-state index in [4.69, 9.17) is 9.47 Å². The minimum atomic E-state index is -1.27. The van der Waals surface area contributed by atoms with Crippen molar-refractivity contribution in [3.05, 3.63) is 59.2 Å². The van der Waals surface area contributed by atoms with Gasteiger partial charge in [0.25, 0.3) is 5.91 Å². The molecule has 3 rings (SSSR count). The largest absolute Gasteiger partial charge is 0.548 e. The number of hydrogen-bond acceptors (Lipinski definition) is 6. The summed E-state index contributed by atoms with van der Waals surface area (Å²) in [6.07, 6.45) is 10.7. The Morgan fingerprint density at radius 1 is 1.10 bits per heavy atom. The normalized spacial score (nSPS) is 15.6. The number of aryl methyl sites for hydroxylation is 1. The molecule has 0 bridgehead atoms. The molecule has 1 saturated carbocycles. The molecule has 1 aliphatic rings. The Morgan fingerprint density at radius 3 is 2.56 bits per heavy atom. The Bertz CT molecular complexity index is 1050. The van der Waals surface area contributed by atoms with Crippen LogP contribution in [-0.4, -0.2) is 49.2 Å². The van der Waals surface area contributed by atoms with E-state index >= 15 is 0 Å². The second-order valence-electron chi connectivity index (χ2n) is 10.6. The van der Waals surface area contributed by atoms with Crippen molar-refractivity contribution >= 4 is 23.6 Å². The minimum absolute atomic E-state index is 0.0322. The Balaban J connectivity index is 1.81. The summed E-state index contributed by atoms with van der Waals surface area (Å²) in [5.74, 6) is -0.386. The SMILES string of the molecule is CCCOC[C@H](CC1CCCCC1)OCc1ccc(C(=O)N[C@@H](CCSC)C(=O)[O-])c(-c2ccccc2C)c1. The van der Waals surface area contributed by atoms with Crippen LogP contribution < -0.4 is 10.4 Å². The van der Waals surface area contributed by atoms with Gasteiger partial charge in [0.15, 0.2) is 0 Å². The Labute approximate surface area is 238 Å². The topological polar surface area (TPSA) is 87.7 Å². The molecule has 7 heteroatoms. The van der Waals surface area contributed by atoms with Gasteiger partial charge in [0.2, 0.25) is 0 Å². The average Bonchev–Trinajstić information content (AvgIpc) is 2.94. The molecule has 214 valence electrons. The average molecular weight is 555 g/mol. The lowest BCUT2D eigenvalue weighted by atomic mass is 9.85. The third-order valence-corrected chi connectivity index (χ3v) is 8.07. The van der Waals surface area contributed by atoms with Crippen LogP contribution in [0.4, 0.5) is 0 Å². The Kier molecular flexibility index (Phi) is 13.3. The lowest BCUT2D eigenvalue weighted by Crippen LogP contribution is -2.48. The van der Waals surface area contributed by atoms with E-state index in [2.05, 4.69) is 12.2 Å². The van der Waals surface area contributed by atoms with Crippen molar-refractivity contribution in [1.82, 2.24) is 5.32 Å². The summed E-state index contributed by atoms with van der Waals surface area (Å²) < 4.78 is 12.3. The molecule has 2 aromatic rings. The van der Waals surface area contributed by atoms with Gasteiger partial charge in [-0.15, -0.1) is 0 Å². The van der Waals surface area contributed by atoms with Gasteiger partial charge in [0.1, 0.15) is 0 Å². The molecule has 0 aliphatic heterocycles. The highest BCUT2D eigenvalue weighted by Gasteiger charge is 2.22. The van der Waals surface area contributed by atoms with Crippen molar-refractivity contribution in [1.29, 1.82) is 0 Å². The van der Waals surface area contributed by atoms with Crippen LogP contribution in [0.25, 0.3) is 11.1 Å². The molecule has 0 aromatic heterocycles. The van der Waals surface area contributed by atoms with Gasteiger partial charge in [-0.2, -0.15) is 11.8 Å². The van der Waals surface area contributed by atoms with Crippen LogP contribution in [0.1, 0.15) is 79.8 Å². The molecule has 0 spiro atoms. The Morgan fingerprint density at radius 2 is 1.87 bits per heavy atom. The highest BCUT2D eigenvalue weighted by atomic mass is 32.2. The van der Waals surface area contributed by atoms with E-state index in [0.29, 0.717) is 36.9 Å². The zero-order valence-electron chi connectivity index (χ0n) is 23.7. The molecule has 0 unspecified atom stereocenters. The molecule has 1 aliphatic carbocycles. The van der Waals surface area contributed by atoms with Gasteiger partial charge < -0.3 is 24.7 Å². The number of nitrogens with one attached hydrogen (secondary N) is 1. The first-order valence-electron chi connectivity index (χ1n) is 14.3. The fourth-order valence-corrected chi connectivity index (χ4v) is 5.72. The van der Waals surface area contributed by atoms with E-state index in [1.165, 1.54) is 43.9 Å². The van der Waals surface area contributed by atoms with Gasteiger partial charge in [-0.1, -0.05) is 69.4 Å². The monoisotopic (exact) mass is 554 g/mol. The molecular formula is C32H44NO5S-. The summed E-state index contributed by atoms with van der Waals surface area (Å²) in [6, 6.07) is 12.5. The number of thioether (sulfide) groups is 1. The van der Waals surface area contributed by atoms with Gasteiger partial charge in [0, 0.05) is 12.2 Å². The lowest BCUT2D eigenvalue weighted by molar-refractivity contribution is -0.308. The molecule has 0 saturated heterocycles. The predicted molar refractivity (Wildman–Crippen MR) is 157 cm³/mol. The molecule has 1 fully saturated rings. The number of ether oxygens (including phenoxy) is 2. The maximum Gasteiger partial charge on any atom is 0.252 e. The third kappa shape index (κ3) is 9.96. The second-order valence-corrected chi connectivity index (χ2v) is 11.6. The zero-order chi connectivity index (χ0) is 28.0. The fraction of sp³-hybridized carbons (Fsp3) is 0.562. The van der Waals surface area contributed by atoms with Crippen LogP contribution in [0, 0.1) is 12.8 Å². The quantitative estimate of drug-likeness (QED) is 0.274. The maximum absolute atomic E-state index is 13.3.